The second-order valence-electron chi connectivity index (χ2n) is 3.48. The first-order valence-corrected chi connectivity index (χ1v) is 4.73. The zero-order valence-electron chi connectivity index (χ0n) is 8.56. The molecule has 1 saturated heterocycles. The average Bonchev–Trinajstić information content (AvgIpc) is 2.96. The van der Waals surface area contributed by atoms with Crippen LogP contribution in [0.2, 0.25) is 0 Å². The normalized spacial score (nSPS) is 20.5. The van der Waals surface area contributed by atoms with Crippen molar-refractivity contribution in [3.63, 3.8) is 0 Å². The van der Waals surface area contributed by atoms with Crippen LogP contribution in [-0.2, 0) is 19.1 Å². The molecule has 0 saturated carbocycles. The molecular formula is C10H14O5. The topological polar surface area (TPSA) is 76.1 Å². The summed E-state index contributed by atoms with van der Waals surface area (Å²) >= 11 is 0. The zero-order valence-corrected chi connectivity index (χ0v) is 8.56. The lowest BCUT2D eigenvalue weighted by atomic mass is 10.1. The standard InChI is InChI=1S/C10H14O5/c1-6(3-4-9(11)12)10(13)15-7(2)8-5-14-8/h7-8H,1,3-5H2,2H3,(H,11,12). The van der Waals surface area contributed by atoms with Crippen molar-refractivity contribution >= 4 is 11.9 Å². The molecule has 0 aliphatic carbocycles. The van der Waals surface area contributed by atoms with E-state index < -0.39 is 11.9 Å². The minimum Gasteiger partial charge on any atom is -0.481 e. The number of epoxide rings is 1. The molecule has 0 radical (unpaired) electrons. The Hall–Kier alpha value is -1.36. The fraction of sp³-hybridized carbons (Fsp3) is 0.600. The molecule has 0 spiro atoms. The molecule has 15 heavy (non-hydrogen) atoms. The second kappa shape index (κ2) is 4.93. The zero-order chi connectivity index (χ0) is 11.4. The summed E-state index contributed by atoms with van der Waals surface area (Å²) in [5.74, 6) is -1.50. The number of carboxylic acids is 1. The van der Waals surface area contributed by atoms with E-state index in [2.05, 4.69) is 6.58 Å². The van der Waals surface area contributed by atoms with Crippen molar-refractivity contribution in [2.45, 2.75) is 32.0 Å². The molecule has 1 heterocycles. The Kier molecular flexibility index (Phi) is 3.85. The number of aliphatic carboxylic acids is 1. The lowest BCUT2D eigenvalue weighted by molar-refractivity contribution is -0.144. The van der Waals surface area contributed by atoms with Gasteiger partial charge in [0.1, 0.15) is 12.2 Å². The summed E-state index contributed by atoms with van der Waals surface area (Å²) in [6, 6.07) is 0. The fourth-order valence-corrected chi connectivity index (χ4v) is 1.01. The SMILES string of the molecule is C=C(CCC(=O)O)C(=O)OC(C)C1CO1. The van der Waals surface area contributed by atoms with Crippen LogP contribution in [-0.4, -0.2) is 35.9 Å². The molecule has 84 valence electrons. The lowest BCUT2D eigenvalue weighted by Gasteiger charge is -2.11. The van der Waals surface area contributed by atoms with Crippen molar-refractivity contribution in [1.82, 2.24) is 0 Å². The number of esters is 1. The Morgan fingerprint density at radius 1 is 1.60 bits per heavy atom. The van der Waals surface area contributed by atoms with Gasteiger partial charge in [0.25, 0.3) is 0 Å². The van der Waals surface area contributed by atoms with Gasteiger partial charge in [-0.15, -0.1) is 0 Å². The van der Waals surface area contributed by atoms with Crippen LogP contribution in [0.1, 0.15) is 19.8 Å². The summed E-state index contributed by atoms with van der Waals surface area (Å²) in [6.07, 6.45) is -0.297. The molecular weight excluding hydrogens is 200 g/mol. The summed E-state index contributed by atoms with van der Waals surface area (Å²) in [6.45, 7) is 5.82. The first kappa shape index (κ1) is 11.7. The van der Waals surface area contributed by atoms with E-state index >= 15 is 0 Å². The van der Waals surface area contributed by atoms with E-state index in [0.717, 1.165) is 0 Å². The van der Waals surface area contributed by atoms with Crippen LogP contribution in [0.15, 0.2) is 12.2 Å². The van der Waals surface area contributed by atoms with E-state index in [1.54, 1.807) is 6.92 Å². The maximum atomic E-state index is 11.3. The van der Waals surface area contributed by atoms with Gasteiger partial charge >= 0.3 is 11.9 Å². The predicted molar refractivity (Wildman–Crippen MR) is 51.3 cm³/mol. The number of rotatable bonds is 6. The van der Waals surface area contributed by atoms with Crippen LogP contribution >= 0.6 is 0 Å². The molecule has 0 aromatic carbocycles. The molecule has 0 aromatic rings. The van der Waals surface area contributed by atoms with E-state index in [0.29, 0.717) is 6.61 Å². The molecule has 2 unspecified atom stereocenters. The lowest BCUT2D eigenvalue weighted by Crippen LogP contribution is -2.21. The van der Waals surface area contributed by atoms with Crippen molar-refractivity contribution in [2.75, 3.05) is 6.61 Å². The van der Waals surface area contributed by atoms with E-state index in [4.69, 9.17) is 14.6 Å². The van der Waals surface area contributed by atoms with Crippen molar-refractivity contribution < 1.29 is 24.2 Å². The van der Waals surface area contributed by atoms with Crippen LogP contribution < -0.4 is 0 Å². The summed E-state index contributed by atoms with van der Waals surface area (Å²) in [4.78, 5) is 21.6. The van der Waals surface area contributed by atoms with Gasteiger partial charge in [0.05, 0.1) is 6.61 Å². The highest BCUT2D eigenvalue weighted by Crippen LogP contribution is 2.18. The Labute approximate surface area is 87.7 Å². The molecule has 5 nitrogen and oxygen atoms in total. The van der Waals surface area contributed by atoms with Gasteiger partial charge in [-0.05, 0) is 13.3 Å². The fourth-order valence-electron chi connectivity index (χ4n) is 1.01. The molecule has 5 heteroatoms. The van der Waals surface area contributed by atoms with Gasteiger partial charge in [-0.2, -0.15) is 0 Å². The van der Waals surface area contributed by atoms with Crippen LogP contribution in [0.5, 0.6) is 0 Å². The predicted octanol–water partition coefficient (Wildman–Crippen LogP) is 0.738. The van der Waals surface area contributed by atoms with E-state index in [9.17, 15) is 9.59 Å². The van der Waals surface area contributed by atoms with Crippen LogP contribution in [0.4, 0.5) is 0 Å². The third kappa shape index (κ3) is 4.12. The van der Waals surface area contributed by atoms with Crippen LogP contribution in [0, 0.1) is 0 Å². The molecule has 1 aliphatic rings. The summed E-state index contributed by atoms with van der Waals surface area (Å²) in [5.41, 5.74) is 0.185. The van der Waals surface area contributed by atoms with Gasteiger partial charge in [-0.3, -0.25) is 4.79 Å². The molecule has 1 fully saturated rings. The van der Waals surface area contributed by atoms with Gasteiger partial charge in [-0.1, -0.05) is 6.58 Å². The Bertz CT molecular complexity index is 280. The summed E-state index contributed by atoms with van der Waals surface area (Å²) < 4.78 is 9.96. The van der Waals surface area contributed by atoms with Gasteiger partial charge in [0.15, 0.2) is 0 Å². The molecule has 0 bridgehead atoms. The van der Waals surface area contributed by atoms with Crippen LogP contribution in [0.3, 0.4) is 0 Å². The second-order valence-corrected chi connectivity index (χ2v) is 3.48. The number of carbonyl (C=O) groups excluding carboxylic acids is 1. The van der Waals surface area contributed by atoms with Gasteiger partial charge in [0.2, 0.25) is 0 Å². The minimum absolute atomic E-state index is 0.0128. The maximum Gasteiger partial charge on any atom is 0.333 e. The number of carbonyl (C=O) groups is 2. The highest BCUT2D eigenvalue weighted by atomic mass is 16.6. The molecule has 1 N–H and O–H groups in total. The largest absolute Gasteiger partial charge is 0.481 e. The average molecular weight is 214 g/mol. The van der Waals surface area contributed by atoms with Gasteiger partial charge < -0.3 is 14.6 Å². The third-order valence-corrected chi connectivity index (χ3v) is 2.10. The summed E-state index contributed by atoms with van der Waals surface area (Å²) in [7, 11) is 0. The molecule has 2 atom stereocenters. The number of hydrogen-bond donors (Lipinski definition) is 1. The quantitative estimate of drug-likeness (QED) is 0.401. The highest BCUT2D eigenvalue weighted by Gasteiger charge is 2.32. The molecule has 0 aromatic heterocycles. The van der Waals surface area contributed by atoms with Gasteiger partial charge in [-0.25, -0.2) is 4.79 Å². The number of ether oxygens (including phenoxy) is 2. The maximum absolute atomic E-state index is 11.3. The van der Waals surface area contributed by atoms with Gasteiger partial charge in [0, 0.05) is 12.0 Å². The Morgan fingerprint density at radius 3 is 2.67 bits per heavy atom. The monoisotopic (exact) mass is 214 g/mol. The van der Waals surface area contributed by atoms with Crippen molar-refractivity contribution in [2.24, 2.45) is 0 Å². The highest BCUT2D eigenvalue weighted by molar-refractivity contribution is 5.88. The first-order chi connectivity index (χ1) is 7.00. The number of hydrogen-bond acceptors (Lipinski definition) is 4. The molecule has 1 aliphatic heterocycles. The summed E-state index contributed by atoms with van der Waals surface area (Å²) in [5, 5.41) is 8.41. The Balaban J connectivity index is 2.25. The van der Waals surface area contributed by atoms with Crippen molar-refractivity contribution in [3.8, 4) is 0 Å². The smallest absolute Gasteiger partial charge is 0.333 e. The number of carboxylic acid groups (broad SMARTS) is 1. The van der Waals surface area contributed by atoms with Crippen LogP contribution in [0.25, 0.3) is 0 Å². The third-order valence-electron chi connectivity index (χ3n) is 2.10. The molecule has 1 rings (SSSR count). The van der Waals surface area contributed by atoms with Crippen molar-refractivity contribution in [3.05, 3.63) is 12.2 Å². The van der Waals surface area contributed by atoms with E-state index in [1.165, 1.54) is 0 Å². The first-order valence-electron chi connectivity index (χ1n) is 4.73. The van der Waals surface area contributed by atoms with E-state index in [-0.39, 0.29) is 30.6 Å². The Morgan fingerprint density at radius 2 is 2.20 bits per heavy atom. The minimum atomic E-state index is -0.956. The van der Waals surface area contributed by atoms with E-state index in [1.807, 2.05) is 0 Å². The molecule has 0 amide bonds. The van der Waals surface area contributed by atoms with Crippen molar-refractivity contribution in [1.29, 1.82) is 0 Å².